The molecule has 9 heteroatoms. The summed E-state index contributed by atoms with van der Waals surface area (Å²) < 4.78 is 20.2. The summed E-state index contributed by atoms with van der Waals surface area (Å²) in [5.41, 5.74) is 0.0852. The van der Waals surface area contributed by atoms with E-state index in [9.17, 15) is 14.0 Å². The fourth-order valence-corrected chi connectivity index (χ4v) is 3.84. The highest BCUT2D eigenvalue weighted by Gasteiger charge is 2.36. The number of halogens is 1. The third kappa shape index (κ3) is 5.74. The average molecular weight is 452 g/mol. The second-order valence-corrected chi connectivity index (χ2v) is 8.42. The van der Waals surface area contributed by atoms with Crippen molar-refractivity contribution in [1.29, 1.82) is 0 Å². The zero-order chi connectivity index (χ0) is 23.3. The quantitative estimate of drug-likeness (QED) is 0.615. The fourth-order valence-electron chi connectivity index (χ4n) is 3.84. The van der Waals surface area contributed by atoms with Crippen LogP contribution in [0, 0.1) is 11.2 Å². The Labute approximate surface area is 191 Å². The molecule has 0 bridgehead atoms. The molecule has 33 heavy (non-hydrogen) atoms. The SMILES string of the molecule is CC1(C(=O)Nc2ccc(Oc3ccc(F)cc3)cc2)CCCN(C(=O)Cn2cncn2)CC1. The molecule has 1 atom stereocenters. The Morgan fingerprint density at radius 1 is 1.06 bits per heavy atom. The van der Waals surface area contributed by atoms with E-state index in [1.54, 1.807) is 41.3 Å². The van der Waals surface area contributed by atoms with Crippen molar-refractivity contribution in [2.24, 2.45) is 5.41 Å². The van der Waals surface area contributed by atoms with Gasteiger partial charge in [-0.05, 0) is 67.8 Å². The summed E-state index contributed by atoms with van der Waals surface area (Å²) in [4.78, 5) is 31.3. The van der Waals surface area contributed by atoms with Gasteiger partial charge in [-0.15, -0.1) is 0 Å². The smallest absolute Gasteiger partial charge is 0.244 e. The maximum atomic E-state index is 13.1. The number of carbonyl (C=O) groups is 2. The van der Waals surface area contributed by atoms with E-state index in [1.807, 2.05) is 6.92 Å². The topological polar surface area (TPSA) is 89.4 Å². The summed E-state index contributed by atoms with van der Waals surface area (Å²) in [6.07, 6.45) is 4.94. The van der Waals surface area contributed by atoms with Crippen LogP contribution in [0.25, 0.3) is 0 Å². The van der Waals surface area contributed by atoms with E-state index in [2.05, 4.69) is 15.4 Å². The lowest BCUT2D eigenvalue weighted by molar-refractivity contribution is -0.132. The molecule has 0 saturated carbocycles. The molecule has 0 radical (unpaired) electrons. The molecule has 1 fully saturated rings. The predicted octanol–water partition coefficient (Wildman–Crippen LogP) is 3.87. The molecular formula is C24H26FN5O3. The number of aromatic nitrogens is 3. The standard InChI is InChI=1S/C24H26FN5O3/c1-24(11-2-13-29(14-12-24)22(31)15-30-17-26-16-27-30)23(32)28-19-5-9-21(10-6-19)33-20-7-3-18(25)4-8-20/h3-10,16-17H,2,11-15H2,1H3,(H,28,32). The Hall–Kier alpha value is -3.75. The predicted molar refractivity (Wildman–Crippen MR) is 120 cm³/mol. The molecule has 0 aliphatic carbocycles. The molecular weight excluding hydrogens is 425 g/mol. The van der Waals surface area contributed by atoms with E-state index in [-0.39, 0.29) is 24.2 Å². The Morgan fingerprint density at radius 3 is 2.42 bits per heavy atom. The van der Waals surface area contributed by atoms with Crippen molar-refractivity contribution < 1.29 is 18.7 Å². The number of benzene rings is 2. The highest BCUT2D eigenvalue weighted by atomic mass is 19.1. The van der Waals surface area contributed by atoms with Crippen molar-refractivity contribution in [2.75, 3.05) is 18.4 Å². The first-order valence-electron chi connectivity index (χ1n) is 10.9. The second kappa shape index (κ2) is 9.81. The van der Waals surface area contributed by atoms with Crippen molar-refractivity contribution in [2.45, 2.75) is 32.7 Å². The van der Waals surface area contributed by atoms with Gasteiger partial charge in [0.2, 0.25) is 11.8 Å². The number of rotatable bonds is 6. The van der Waals surface area contributed by atoms with Crippen molar-refractivity contribution in [3.05, 3.63) is 67.0 Å². The molecule has 1 aliphatic heterocycles. The van der Waals surface area contributed by atoms with Crippen LogP contribution in [-0.2, 0) is 16.1 Å². The molecule has 172 valence electrons. The number of likely N-dealkylation sites (tertiary alicyclic amines) is 1. The average Bonchev–Trinajstić information content (AvgIpc) is 3.23. The first-order chi connectivity index (χ1) is 15.9. The van der Waals surface area contributed by atoms with E-state index in [0.29, 0.717) is 43.1 Å². The Balaban J connectivity index is 1.32. The zero-order valence-electron chi connectivity index (χ0n) is 18.4. The number of anilines is 1. The molecule has 1 aliphatic rings. The highest BCUT2D eigenvalue weighted by molar-refractivity contribution is 5.95. The lowest BCUT2D eigenvalue weighted by Crippen LogP contribution is -2.37. The summed E-state index contributed by atoms with van der Waals surface area (Å²) >= 11 is 0. The van der Waals surface area contributed by atoms with E-state index in [4.69, 9.17) is 4.74 Å². The Bertz CT molecular complexity index is 1090. The molecule has 3 aromatic rings. The minimum atomic E-state index is -0.578. The van der Waals surface area contributed by atoms with E-state index in [0.717, 1.165) is 6.42 Å². The zero-order valence-corrected chi connectivity index (χ0v) is 18.4. The summed E-state index contributed by atoms with van der Waals surface area (Å²) in [6.45, 7) is 3.22. The first-order valence-corrected chi connectivity index (χ1v) is 10.9. The molecule has 1 saturated heterocycles. The maximum Gasteiger partial charge on any atom is 0.244 e. The summed E-state index contributed by atoms with van der Waals surface area (Å²) in [6, 6.07) is 12.8. The van der Waals surface area contributed by atoms with Gasteiger partial charge in [0.15, 0.2) is 0 Å². The summed E-state index contributed by atoms with van der Waals surface area (Å²) in [5, 5.41) is 6.97. The summed E-state index contributed by atoms with van der Waals surface area (Å²) in [7, 11) is 0. The molecule has 2 heterocycles. The Kier molecular flexibility index (Phi) is 6.67. The number of hydrogen-bond donors (Lipinski definition) is 1. The number of nitrogens with zero attached hydrogens (tertiary/aromatic N) is 4. The molecule has 1 N–H and O–H groups in total. The van der Waals surface area contributed by atoms with Gasteiger partial charge in [-0.3, -0.25) is 9.59 Å². The molecule has 4 rings (SSSR count). The van der Waals surface area contributed by atoms with Crippen molar-refractivity contribution >= 4 is 17.5 Å². The third-order valence-corrected chi connectivity index (χ3v) is 5.92. The van der Waals surface area contributed by atoms with Gasteiger partial charge < -0.3 is 15.0 Å². The Morgan fingerprint density at radius 2 is 1.76 bits per heavy atom. The van der Waals surface area contributed by atoms with Gasteiger partial charge >= 0.3 is 0 Å². The molecule has 2 aromatic carbocycles. The minimum Gasteiger partial charge on any atom is -0.457 e. The molecule has 2 amide bonds. The maximum absolute atomic E-state index is 13.1. The van der Waals surface area contributed by atoms with Gasteiger partial charge in [0.25, 0.3) is 0 Å². The highest BCUT2D eigenvalue weighted by Crippen LogP contribution is 2.33. The number of carbonyl (C=O) groups excluding carboxylic acids is 2. The van der Waals surface area contributed by atoms with Gasteiger partial charge in [0.05, 0.1) is 0 Å². The van der Waals surface area contributed by atoms with Crippen LogP contribution in [0.4, 0.5) is 10.1 Å². The van der Waals surface area contributed by atoms with Gasteiger partial charge in [-0.25, -0.2) is 14.1 Å². The number of amides is 2. The van der Waals surface area contributed by atoms with Gasteiger partial charge in [-0.1, -0.05) is 6.92 Å². The van der Waals surface area contributed by atoms with Crippen LogP contribution in [0.5, 0.6) is 11.5 Å². The van der Waals surface area contributed by atoms with Crippen molar-refractivity contribution in [3.63, 3.8) is 0 Å². The number of nitrogens with one attached hydrogen (secondary N) is 1. The molecule has 1 unspecified atom stereocenters. The number of ether oxygens (including phenoxy) is 1. The molecule has 1 aromatic heterocycles. The second-order valence-electron chi connectivity index (χ2n) is 8.42. The third-order valence-electron chi connectivity index (χ3n) is 5.92. The van der Waals surface area contributed by atoms with Crippen LogP contribution in [-0.4, -0.2) is 44.6 Å². The van der Waals surface area contributed by atoms with Crippen LogP contribution in [0.15, 0.2) is 61.2 Å². The lowest BCUT2D eigenvalue weighted by Gasteiger charge is -2.27. The van der Waals surface area contributed by atoms with Crippen molar-refractivity contribution in [3.8, 4) is 11.5 Å². The van der Waals surface area contributed by atoms with Gasteiger partial charge in [0.1, 0.15) is 36.5 Å². The van der Waals surface area contributed by atoms with Crippen LogP contribution in [0.2, 0.25) is 0 Å². The lowest BCUT2D eigenvalue weighted by atomic mass is 9.82. The summed E-state index contributed by atoms with van der Waals surface area (Å²) in [5.74, 6) is 0.696. The van der Waals surface area contributed by atoms with Crippen molar-refractivity contribution in [1.82, 2.24) is 19.7 Å². The fraction of sp³-hybridized carbons (Fsp3) is 0.333. The van der Waals surface area contributed by atoms with E-state index >= 15 is 0 Å². The number of hydrogen-bond acceptors (Lipinski definition) is 5. The van der Waals surface area contributed by atoms with Gasteiger partial charge in [-0.2, -0.15) is 5.10 Å². The van der Waals surface area contributed by atoms with Crippen LogP contribution in [0.1, 0.15) is 26.2 Å². The monoisotopic (exact) mass is 451 g/mol. The van der Waals surface area contributed by atoms with Crippen LogP contribution in [0.3, 0.4) is 0 Å². The normalized spacial score (nSPS) is 18.4. The van der Waals surface area contributed by atoms with Crippen LogP contribution >= 0.6 is 0 Å². The van der Waals surface area contributed by atoms with E-state index < -0.39 is 5.41 Å². The molecule has 0 spiro atoms. The van der Waals surface area contributed by atoms with Gasteiger partial charge in [0, 0.05) is 24.2 Å². The van der Waals surface area contributed by atoms with Crippen LogP contribution < -0.4 is 10.1 Å². The first kappa shape index (κ1) is 22.4. The largest absolute Gasteiger partial charge is 0.457 e. The molecule has 8 nitrogen and oxygen atoms in total. The minimum absolute atomic E-state index is 0.0260. The van der Waals surface area contributed by atoms with E-state index in [1.165, 1.54) is 29.5 Å².